The monoisotopic (exact) mass is 182 g/mol. The van der Waals surface area contributed by atoms with Crippen LogP contribution in [0, 0.1) is 16.7 Å². The molecule has 13 heavy (non-hydrogen) atoms. The number of hydrogen-bond donors (Lipinski definition) is 1. The van der Waals surface area contributed by atoms with Crippen molar-refractivity contribution in [1.82, 2.24) is 4.90 Å². The van der Waals surface area contributed by atoms with Gasteiger partial charge >= 0.3 is 0 Å². The minimum absolute atomic E-state index is 0.0339. The Balaban J connectivity index is 2.69. The number of piperidine rings is 1. The van der Waals surface area contributed by atoms with Gasteiger partial charge in [-0.2, -0.15) is 5.26 Å². The van der Waals surface area contributed by atoms with Gasteiger partial charge in [-0.25, -0.2) is 0 Å². The number of β-amino-alcohol motifs (C(OH)–C–C–N with tert-alkyl or cyclic N) is 1. The molecule has 0 spiro atoms. The van der Waals surface area contributed by atoms with Crippen LogP contribution in [0.3, 0.4) is 0 Å². The molecule has 0 aromatic carbocycles. The van der Waals surface area contributed by atoms with E-state index in [1.807, 2.05) is 0 Å². The summed E-state index contributed by atoms with van der Waals surface area (Å²) in [6.07, 6.45) is 2.23. The fourth-order valence-corrected chi connectivity index (χ4v) is 2.12. The van der Waals surface area contributed by atoms with Crippen LogP contribution in [0.25, 0.3) is 0 Å². The first-order chi connectivity index (χ1) is 6.11. The third-order valence-corrected chi connectivity index (χ3v) is 2.88. The van der Waals surface area contributed by atoms with Gasteiger partial charge in [-0.15, -0.1) is 0 Å². The van der Waals surface area contributed by atoms with Crippen LogP contribution in [0.1, 0.15) is 26.7 Å². The Labute approximate surface area is 80.0 Å². The molecular weight excluding hydrogens is 164 g/mol. The molecule has 1 atom stereocenters. The van der Waals surface area contributed by atoms with Gasteiger partial charge in [-0.1, -0.05) is 13.8 Å². The van der Waals surface area contributed by atoms with Gasteiger partial charge < -0.3 is 5.11 Å². The van der Waals surface area contributed by atoms with Crippen LogP contribution in [0.4, 0.5) is 0 Å². The number of nitrogens with zero attached hydrogens (tertiary/aromatic N) is 2. The predicted molar refractivity (Wildman–Crippen MR) is 51.1 cm³/mol. The molecule has 1 aliphatic rings. The highest BCUT2D eigenvalue weighted by molar-refractivity contribution is 5.03. The SMILES string of the molecule is CC1(C)CCCN(CCO)C1C#N. The van der Waals surface area contributed by atoms with Gasteiger partial charge in [-0.3, -0.25) is 4.90 Å². The van der Waals surface area contributed by atoms with Crippen LogP contribution >= 0.6 is 0 Å². The van der Waals surface area contributed by atoms with E-state index in [0.717, 1.165) is 19.4 Å². The average Bonchev–Trinajstić information content (AvgIpc) is 2.04. The zero-order chi connectivity index (χ0) is 9.90. The third-order valence-electron chi connectivity index (χ3n) is 2.88. The maximum atomic E-state index is 9.05. The molecule has 0 radical (unpaired) electrons. The van der Waals surface area contributed by atoms with Gasteiger partial charge in [0.1, 0.15) is 6.04 Å². The number of rotatable bonds is 2. The molecule has 0 bridgehead atoms. The van der Waals surface area contributed by atoms with Crippen LogP contribution in [0.15, 0.2) is 0 Å². The second-order valence-corrected chi connectivity index (χ2v) is 4.38. The molecule has 0 aromatic rings. The Hall–Kier alpha value is -0.590. The Morgan fingerprint density at radius 1 is 1.62 bits per heavy atom. The van der Waals surface area contributed by atoms with Gasteiger partial charge in [-0.05, 0) is 24.8 Å². The summed E-state index contributed by atoms with van der Waals surface area (Å²) >= 11 is 0. The number of aliphatic hydroxyl groups is 1. The van der Waals surface area contributed by atoms with Gasteiger partial charge in [0.2, 0.25) is 0 Å². The van der Waals surface area contributed by atoms with Crippen molar-refractivity contribution in [3.05, 3.63) is 0 Å². The average molecular weight is 182 g/mol. The van der Waals surface area contributed by atoms with E-state index in [9.17, 15) is 0 Å². The molecule has 1 aliphatic heterocycles. The summed E-state index contributed by atoms with van der Waals surface area (Å²) in [6.45, 7) is 5.98. The molecule has 3 nitrogen and oxygen atoms in total. The summed E-state index contributed by atoms with van der Waals surface area (Å²) in [5.41, 5.74) is 0.0716. The first-order valence-electron chi connectivity index (χ1n) is 4.86. The van der Waals surface area contributed by atoms with Gasteiger partial charge in [0.25, 0.3) is 0 Å². The highest BCUT2D eigenvalue weighted by Gasteiger charge is 2.37. The summed E-state index contributed by atoms with van der Waals surface area (Å²) in [5, 5.41) is 17.9. The molecule has 1 rings (SSSR count). The lowest BCUT2D eigenvalue weighted by atomic mass is 9.77. The Kier molecular flexibility index (Phi) is 3.29. The Bertz CT molecular complexity index is 205. The number of aliphatic hydroxyl groups excluding tert-OH is 1. The fraction of sp³-hybridized carbons (Fsp3) is 0.900. The van der Waals surface area contributed by atoms with E-state index >= 15 is 0 Å². The number of likely N-dealkylation sites (tertiary alicyclic amines) is 1. The topological polar surface area (TPSA) is 47.3 Å². The van der Waals surface area contributed by atoms with Crippen molar-refractivity contribution in [2.45, 2.75) is 32.7 Å². The largest absolute Gasteiger partial charge is 0.395 e. The highest BCUT2D eigenvalue weighted by atomic mass is 16.3. The zero-order valence-corrected chi connectivity index (χ0v) is 8.45. The van der Waals surface area contributed by atoms with Crippen molar-refractivity contribution in [3.63, 3.8) is 0 Å². The summed E-state index contributed by atoms with van der Waals surface area (Å²) in [4.78, 5) is 2.09. The lowest BCUT2D eigenvalue weighted by Crippen LogP contribution is -2.49. The minimum Gasteiger partial charge on any atom is -0.395 e. The Morgan fingerprint density at radius 3 is 2.85 bits per heavy atom. The van der Waals surface area contributed by atoms with E-state index in [0.29, 0.717) is 6.54 Å². The summed E-state index contributed by atoms with van der Waals surface area (Å²) in [5.74, 6) is 0. The fourth-order valence-electron chi connectivity index (χ4n) is 2.12. The van der Waals surface area contributed by atoms with Gasteiger partial charge in [0.05, 0.1) is 12.7 Å². The molecule has 74 valence electrons. The molecule has 1 saturated heterocycles. The second kappa shape index (κ2) is 4.08. The van der Waals surface area contributed by atoms with Crippen molar-refractivity contribution in [3.8, 4) is 6.07 Å². The third kappa shape index (κ3) is 2.20. The first-order valence-corrected chi connectivity index (χ1v) is 4.86. The van der Waals surface area contributed by atoms with Crippen LogP contribution < -0.4 is 0 Å². The van der Waals surface area contributed by atoms with Crippen molar-refractivity contribution < 1.29 is 5.11 Å². The Morgan fingerprint density at radius 2 is 2.31 bits per heavy atom. The maximum absolute atomic E-state index is 9.05. The minimum atomic E-state index is -0.0339. The van der Waals surface area contributed by atoms with Crippen LogP contribution in [-0.2, 0) is 0 Å². The highest BCUT2D eigenvalue weighted by Crippen LogP contribution is 2.34. The lowest BCUT2D eigenvalue weighted by molar-refractivity contribution is 0.0578. The molecule has 1 N–H and O–H groups in total. The van der Waals surface area contributed by atoms with Crippen molar-refractivity contribution in [2.75, 3.05) is 19.7 Å². The van der Waals surface area contributed by atoms with Gasteiger partial charge in [0.15, 0.2) is 0 Å². The van der Waals surface area contributed by atoms with E-state index in [-0.39, 0.29) is 18.1 Å². The van der Waals surface area contributed by atoms with Crippen LogP contribution in [0.2, 0.25) is 0 Å². The lowest BCUT2D eigenvalue weighted by Gasteiger charge is -2.42. The van der Waals surface area contributed by atoms with Gasteiger partial charge in [0, 0.05) is 6.54 Å². The molecule has 0 aromatic heterocycles. The standard InChI is InChI=1S/C10H18N2O/c1-10(2)4-3-5-12(6-7-13)9(10)8-11/h9,13H,3-7H2,1-2H3. The number of hydrogen-bond acceptors (Lipinski definition) is 3. The van der Waals surface area contributed by atoms with E-state index < -0.39 is 0 Å². The number of nitriles is 1. The van der Waals surface area contributed by atoms with Crippen LogP contribution in [-0.4, -0.2) is 35.7 Å². The predicted octanol–water partition coefficient (Wildman–Crippen LogP) is 0.993. The van der Waals surface area contributed by atoms with E-state index in [1.54, 1.807) is 0 Å². The maximum Gasteiger partial charge on any atom is 0.103 e. The van der Waals surface area contributed by atoms with E-state index in [1.165, 1.54) is 0 Å². The molecule has 3 heteroatoms. The van der Waals surface area contributed by atoms with E-state index in [2.05, 4.69) is 24.8 Å². The molecular formula is C10H18N2O. The summed E-state index contributed by atoms with van der Waals surface area (Å²) in [6, 6.07) is 2.31. The van der Waals surface area contributed by atoms with Crippen LogP contribution in [0.5, 0.6) is 0 Å². The normalized spacial score (nSPS) is 28.3. The van der Waals surface area contributed by atoms with Crippen molar-refractivity contribution >= 4 is 0 Å². The molecule has 1 unspecified atom stereocenters. The molecule has 0 amide bonds. The quantitative estimate of drug-likeness (QED) is 0.693. The summed E-state index contributed by atoms with van der Waals surface area (Å²) < 4.78 is 0. The second-order valence-electron chi connectivity index (χ2n) is 4.38. The first kappa shape index (κ1) is 10.5. The molecule has 1 fully saturated rings. The molecule has 0 saturated carbocycles. The molecule has 0 aliphatic carbocycles. The van der Waals surface area contributed by atoms with Crippen molar-refractivity contribution in [2.24, 2.45) is 5.41 Å². The molecule has 1 heterocycles. The van der Waals surface area contributed by atoms with Crippen molar-refractivity contribution in [1.29, 1.82) is 5.26 Å². The zero-order valence-electron chi connectivity index (χ0n) is 8.45. The summed E-state index contributed by atoms with van der Waals surface area (Å²) in [7, 11) is 0. The van der Waals surface area contributed by atoms with E-state index in [4.69, 9.17) is 10.4 Å². The smallest absolute Gasteiger partial charge is 0.103 e.